The van der Waals surface area contributed by atoms with Crippen LogP contribution in [0.5, 0.6) is 0 Å². The number of carbonyl (C=O) groups is 3. The Hall–Kier alpha value is -4.46. The Morgan fingerprint density at radius 2 is 1.72 bits per heavy atom. The number of carbonyl (C=O) groups excluding carboxylic acids is 3. The molecule has 0 aromatic heterocycles. The van der Waals surface area contributed by atoms with E-state index in [0.29, 0.717) is 5.06 Å². The fraction of sp³-hybridized carbons (Fsp3) is 0.290. The lowest BCUT2D eigenvalue weighted by Crippen LogP contribution is -2.32. The van der Waals surface area contributed by atoms with Crippen molar-refractivity contribution >= 4 is 34.4 Å². The number of anilines is 1. The van der Waals surface area contributed by atoms with Crippen molar-refractivity contribution in [3.05, 3.63) is 71.1 Å². The van der Waals surface area contributed by atoms with E-state index in [2.05, 4.69) is 49.2 Å². The summed E-state index contributed by atoms with van der Waals surface area (Å²) < 4.78 is 8.50. The molecule has 2 aliphatic heterocycles. The molecule has 1 aliphatic carbocycles. The average Bonchev–Trinajstić information content (AvgIpc) is 3.23. The predicted molar refractivity (Wildman–Crippen MR) is 150 cm³/mol. The first-order chi connectivity index (χ1) is 18.7. The number of amides is 2. The van der Waals surface area contributed by atoms with E-state index < -0.39 is 17.8 Å². The second kappa shape index (κ2) is 10.4. The Morgan fingerprint density at radius 1 is 1.00 bits per heavy atom. The number of hydroxylamine groups is 2. The van der Waals surface area contributed by atoms with Crippen molar-refractivity contribution < 1.29 is 23.6 Å². The third kappa shape index (κ3) is 4.90. The summed E-state index contributed by atoms with van der Waals surface area (Å²) in [6, 6.07) is 17.7. The SMILES string of the molecule is CCCN(C)c1ccc2c(-c3ccc(C(=O)ON4C(=O)CCC4=O)cc3C)c3ccc(=[N+](C)C)cc-3oc2c1. The Morgan fingerprint density at radius 3 is 2.38 bits per heavy atom. The van der Waals surface area contributed by atoms with Gasteiger partial charge in [-0.15, -0.1) is 5.06 Å². The summed E-state index contributed by atoms with van der Waals surface area (Å²) in [5, 5.41) is 2.55. The van der Waals surface area contributed by atoms with Gasteiger partial charge in [0.25, 0.3) is 11.8 Å². The third-order valence-corrected chi connectivity index (χ3v) is 7.12. The molecule has 5 rings (SSSR count). The molecule has 0 saturated carbocycles. The fourth-order valence-corrected chi connectivity index (χ4v) is 5.00. The molecule has 3 aliphatic rings. The zero-order chi connectivity index (χ0) is 27.8. The summed E-state index contributed by atoms with van der Waals surface area (Å²) in [4.78, 5) is 43.9. The van der Waals surface area contributed by atoms with Gasteiger partial charge < -0.3 is 14.2 Å². The Bertz CT molecular complexity index is 1650. The van der Waals surface area contributed by atoms with Crippen LogP contribution < -0.4 is 14.8 Å². The van der Waals surface area contributed by atoms with E-state index in [1.165, 1.54) is 0 Å². The van der Waals surface area contributed by atoms with Crippen molar-refractivity contribution in [3.63, 3.8) is 0 Å². The molecular weight excluding hydrogens is 494 g/mol. The monoisotopic (exact) mass is 526 g/mol. The number of nitrogens with zero attached hydrogens (tertiary/aromatic N) is 3. The lowest BCUT2D eigenvalue weighted by Gasteiger charge is -2.21. The molecule has 0 N–H and O–H groups in total. The van der Waals surface area contributed by atoms with Crippen LogP contribution in [0.25, 0.3) is 33.4 Å². The molecule has 0 unspecified atom stereocenters. The standard InChI is InChI=1S/C31H32N3O5/c1-6-15-33(5)22-9-12-25-27(18-22)38-26-17-21(32(3)4)8-11-24(26)30(25)23-10-7-20(16-19(23)2)31(37)39-34-28(35)13-14-29(34)36/h7-12,16-18H,6,13-15H2,1-5H3/q+1. The summed E-state index contributed by atoms with van der Waals surface area (Å²) in [6.07, 6.45) is 1.14. The summed E-state index contributed by atoms with van der Waals surface area (Å²) >= 11 is 0. The van der Waals surface area contributed by atoms with Crippen LogP contribution in [-0.2, 0) is 14.4 Å². The van der Waals surface area contributed by atoms with Gasteiger partial charge in [0.05, 0.1) is 11.6 Å². The van der Waals surface area contributed by atoms with E-state index in [0.717, 1.165) is 63.0 Å². The van der Waals surface area contributed by atoms with Crippen molar-refractivity contribution in [2.24, 2.45) is 0 Å². The Labute approximate surface area is 227 Å². The van der Waals surface area contributed by atoms with Crippen molar-refractivity contribution in [1.82, 2.24) is 9.64 Å². The van der Waals surface area contributed by atoms with Crippen LogP contribution in [-0.4, -0.2) is 50.5 Å². The number of hydrogen-bond acceptors (Lipinski definition) is 6. The molecule has 1 fully saturated rings. The molecule has 39 heavy (non-hydrogen) atoms. The fourth-order valence-electron chi connectivity index (χ4n) is 5.00. The first-order valence-corrected chi connectivity index (χ1v) is 13.1. The highest BCUT2D eigenvalue weighted by atomic mass is 16.7. The van der Waals surface area contributed by atoms with E-state index in [-0.39, 0.29) is 18.4 Å². The van der Waals surface area contributed by atoms with Gasteiger partial charge in [-0.05, 0) is 54.8 Å². The van der Waals surface area contributed by atoms with Crippen molar-refractivity contribution in [2.45, 2.75) is 33.1 Å². The maximum Gasteiger partial charge on any atom is 0.363 e. The first kappa shape index (κ1) is 26.2. The Balaban J connectivity index is 1.64. The minimum Gasteiger partial charge on any atom is -0.456 e. The zero-order valence-corrected chi connectivity index (χ0v) is 22.9. The van der Waals surface area contributed by atoms with Crippen molar-refractivity contribution in [2.75, 3.05) is 32.6 Å². The molecule has 8 heteroatoms. The molecule has 0 atom stereocenters. The van der Waals surface area contributed by atoms with Crippen LogP contribution in [0.2, 0.25) is 0 Å². The molecule has 0 bridgehead atoms. The molecule has 2 amide bonds. The summed E-state index contributed by atoms with van der Waals surface area (Å²) in [5.41, 5.74) is 5.85. The summed E-state index contributed by atoms with van der Waals surface area (Å²) in [7, 11) is 6.06. The lowest BCUT2D eigenvalue weighted by molar-refractivity contribution is -0.172. The number of fused-ring (bicyclic) bond motifs is 2. The lowest BCUT2D eigenvalue weighted by atomic mass is 9.90. The minimum absolute atomic E-state index is 0.0504. The largest absolute Gasteiger partial charge is 0.456 e. The second-order valence-corrected chi connectivity index (χ2v) is 10.1. The van der Waals surface area contributed by atoms with Gasteiger partial charge in [0, 0.05) is 60.8 Å². The third-order valence-electron chi connectivity index (χ3n) is 7.12. The number of benzene rings is 3. The molecule has 0 spiro atoms. The van der Waals surface area contributed by atoms with Gasteiger partial charge in [0.15, 0.2) is 0 Å². The topological polar surface area (TPSA) is 83.1 Å². The molecular formula is C31H32N3O5+. The maximum atomic E-state index is 12.8. The second-order valence-electron chi connectivity index (χ2n) is 10.1. The van der Waals surface area contributed by atoms with Crippen LogP contribution in [0.4, 0.5) is 5.69 Å². The van der Waals surface area contributed by atoms with E-state index >= 15 is 0 Å². The molecule has 2 heterocycles. The smallest absolute Gasteiger partial charge is 0.363 e. The van der Waals surface area contributed by atoms with Crippen molar-refractivity contribution in [3.8, 4) is 22.5 Å². The first-order valence-electron chi connectivity index (χ1n) is 13.1. The molecule has 1 saturated heterocycles. The molecule has 2 aromatic rings. The molecule has 0 radical (unpaired) electrons. The molecule has 2 aromatic carbocycles. The normalized spacial score (nSPS) is 13.4. The number of hydrogen-bond donors (Lipinski definition) is 0. The van der Waals surface area contributed by atoms with Gasteiger partial charge >= 0.3 is 5.97 Å². The quantitative estimate of drug-likeness (QED) is 0.207. The Kier molecular flexibility index (Phi) is 6.95. The predicted octanol–water partition coefficient (Wildman–Crippen LogP) is 4.61. The molecule has 8 nitrogen and oxygen atoms in total. The van der Waals surface area contributed by atoms with E-state index in [1.54, 1.807) is 12.1 Å². The van der Waals surface area contributed by atoms with Gasteiger partial charge in [0.1, 0.15) is 25.4 Å². The van der Waals surface area contributed by atoms with Crippen LogP contribution in [0.3, 0.4) is 0 Å². The van der Waals surface area contributed by atoms with Gasteiger partial charge in [-0.2, -0.15) is 0 Å². The number of imide groups is 1. The van der Waals surface area contributed by atoms with Gasteiger partial charge in [-0.25, -0.2) is 9.37 Å². The minimum atomic E-state index is -0.745. The van der Waals surface area contributed by atoms with Gasteiger partial charge in [-0.3, -0.25) is 9.59 Å². The van der Waals surface area contributed by atoms with Gasteiger partial charge in [0.2, 0.25) is 5.36 Å². The van der Waals surface area contributed by atoms with E-state index in [4.69, 9.17) is 9.25 Å². The van der Waals surface area contributed by atoms with E-state index in [1.807, 2.05) is 37.7 Å². The van der Waals surface area contributed by atoms with E-state index in [9.17, 15) is 14.4 Å². The maximum absolute atomic E-state index is 12.8. The number of aryl methyl sites for hydroxylation is 1. The number of rotatable bonds is 6. The average molecular weight is 527 g/mol. The van der Waals surface area contributed by atoms with Crippen LogP contribution in [0, 0.1) is 6.92 Å². The van der Waals surface area contributed by atoms with Crippen LogP contribution >= 0.6 is 0 Å². The molecule has 200 valence electrons. The highest BCUT2D eigenvalue weighted by molar-refractivity contribution is 6.05. The van der Waals surface area contributed by atoms with Crippen LogP contribution in [0.1, 0.15) is 42.1 Å². The highest BCUT2D eigenvalue weighted by Gasteiger charge is 2.33. The summed E-state index contributed by atoms with van der Waals surface area (Å²) in [6.45, 7) is 5.01. The highest BCUT2D eigenvalue weighted by Crippen LogP contribution is 2.42. The van der Waals surface area contributed by atoms with Gasteiger partial charge in [-0.1, -0.05) is 13.0 Å². The zero-order valence-electron chi connectivity index (χ0n) is 22.9. The van der Waals surface area contributed by atoms with Crippen molar-refractivity contribution in [1.29, 1.82) is 0 Å². The summed E-state index contributed by atoms with van der Waals surface area (Å²) in [5.74, 6) is -0.999. The van der Waals surface area contributed by atoms with Crippen LogP contribution in [0.15, 0.2) is 59.0 Å².